The third kappa shape index (κ3) is 3.05. The molecule has 2 rings (SSSR count). The molecular weight excluding hydrogens is 246 g/mol. The van der Waals surface area contributed by atoms with Gasteiger partial charge in [-0.1, -0.05) is 0 Å². The monoisotopic (exact) mass is 263 g/mol. The number of ether oxygens (including phenoxy) is 2. The summed E-state index contributed by atoms with van der Waals surface area (Å²) in [6, 6.07) is 3.79. The molecule has 0 bridgehead atoms. The minimum atomic E-state index is -0.176. The summed E-state index contributed by atoms with van der Waals surface area (Å²) in [6.45, 7) is 4.06. The average Bonchev–Trinajstić information content (AvgIpc) is 2.75. The Morgan fingerprint density at radius 2 is 1.89 bits per heavy atom. The van der Waals surface area contributed by atoms with E-state index >= 15 is 0 Å². The zero-order chi connectivity index (χ0) is 14.0. The van der Waals surface area contributed by atoms with Crippen molar-refractivity contribution in [1.82, 2.24) is 4.90 Å². The van der Waals surface area contributed by atoms with Crippen molar-refractivity contribution in [3.63, 3.8) is 0 Å². The van der Waals surface area contributed by atoms with Crippen LogP contribution in [0, 0.1) is 6.92 Å². The molecule has 0 aromatic heterocycles. The van der Waals surface area contributed by atoms with Crippen LogP contribution < -0.4 is 9.47 Å². The molecule has 1 aliphatic rings. The number of nitrogens with zero attached hydrogens (tertiary/aromatic N) is 1. The normalized spacial score (nSPS) is 12.4. The Kier molecular flexibility index (Phi) is 3.74. The van der Waals surface area contributed by atoms with Crippen LogP contribution in [0.25, 0.3) is 0 Å². The fourth-order valence-corrected chi connectivity index (χ4v) is 1.95. The van der Waals surface area contributed by atoms with Crippen molar-refractivity contribution in [3.8, 4) is 11.5 Å². The van der Waals surface area contributed by atoms with E-state index in [1.54, 1.807) is 11.9 Å². The third-order valence-electron chi connectivity index (χ3n) is 3.06. The van der Waals surface area contributed by atoms with E-state index in [2.05, 4.69) is 0 Å². The van der Waals surface area contributed by atoms with Gasteiger partial charge >= 0.3 is 0 Å². The number of ketones is 1. The Bertz CT molecular complexity index is 524. The fourth-order valence-electron chi connectivity index (χ4n) is 1.95. The minimum Gasteiger partial charge on any atom is -0.454 e. The molecule has 0 radical (unpaired) electrons. The van der Waals surface area contributed by atoms with Crippen LogP contribution in [0.15, 0.2) is 12.1 Å². The van der Waals surface area contributed by atoms with Crippen molar-refractivity contribution < 1.29 is 19.1 Å². The molecular formula is C14H17NO4. The largest absolute Gasteiger partial charge is 0.454 e. The number of benzene rings is 1. The lowest BCUT2D eigenvalue weighted by Gasteiger charge is -2.18. The van der Waals surface area contributed by atoms with Crippen LogP contribution in [0.5, 0.6) is 11.5 Å². The van der Waals surface area contributed by atoms with Gasteiger partial charge in [-0.05, 0) is 37.1 Å². The van der Waals surface area contributed by atoms with Gasteiger partial charge in [0.15, 0.2) is 11.5 Å². The lowest BCUT2D eigenvalue weighted by molar-refractivity contribution is -0.134. The predicted molar refractivity (Wildman–Crippen MR) is 69.1 cm³/mol. The van der Waals surface area contributed by atoms with Crippen molar-refractivity contribution in [2.75, 3.05) is 13.8 Å². The molecule has 0 fully saturated rings. The minimum absolute atomic E-state index is 0.0555. The summed E-state index contributed by atoms with van der Waals surface area (Å²) in [5, 5.41) is 0. The van der Waals surface area contributed by atoms with Gasteiger partial charge < -0.3 is 14.4 Å². The summed E-state index contributed by atoms with van der Waals surface area (Å²) >= 11 is 0. The maximum Gasteiger partial charge on any atom is 0.231 e. The lowest BCUT2D eigenvalue weighted by atomic mass is 10.1. The lowest BCUT2D eigenvalue weighted by Crippen LogP contribution is -2.27. The van der Waals surface area contributed by atoms with Gasteiger partial charge in [-0.15, -0.1) is 0 Å². The molecule has 0 N–H and O–H groups in total. The molecule has 19 heavy (non-hydrogen) atoms. The summed E-state index contributed by atoms with van der Waals surface area (Å²) in [7, 11) is 1.69. The molecule has 5 heteroatoms. The summed E-state index contributed by atoms with van der Waals surface area (Å²) in [4.78, 5) is 24.2. The second-order valence-corrected chi connectivity index (χ2v) is 4.76. The molecule has 5 nitrogen and oxygen atoms in total. The quantitative estimate of drug-likeness (QED) is 0.775. The van der Waals surface area contributed by atoms with Gasteiger partial charge in [0.1, 0.15) is 5.78 Å². The van der Waals surface area contributed by atoms with Crippen LogP contribution in [0.1, 0.15) is 24.5 Å². The molecule has 0 saturated carbocycles. The molecule has 1 amide bonds. The number of hydrogen-bond acceptors (Lipinski definition) is 4. The van der Waals surface area contributed by atoms with Crippen molar-refractivity contribution in [3.05, 3.63) is 23.3 Å². The van der Waals surface area contributed by atoms with Gasteiger partial charge in [-0.2, -0.15) is 0 Å². The molecule has 0 aliphatic carbocycles. The third-order valence-corrected chi connectivity index (χ3v) is 3.06. The number of Topliss-reactive ketones (excluding diaryl/α,β-unsaturated/α-hetero) is 1. The summed E-state index contributed by atoms with van der Waals surface area (Å²) in [6.07, 6.45) is -0.0555. The molecule has 1 aromatic carbocycles. The highest BCUT2D eigenvalue weighted by molar-refractivity contribution is 5.96. The highest BCUT2D eigenvalue weighted by atomic mass is 16.7. The summed E-state index contributed by atoms with van der Waals surface area (Å²) in [5.74, 6) is 1.14. The Hall–Kier alpha value is -2.04. The first-order valence-corrected chi connectivity index (χ1v) is 6.10. The fraction of sp³-hybridized carbons (Fsp3) is 0.429. The predicted octanol–water partition coefficient (Wildman–Crippen LogP) is 1.66. The number of amides is 1. The molecule has 1 aromatic rings. The van der Waals surface area contributed by atoms with E-state index in [1.807, 2.05) is 19.1 Å². The van der Waals surface area contributed by atoms with E-state index in [0.717, 1.165) is 16.9 Å². The maximum absolute atomic E-state index is 11.8. The van der Waals surface area contributed by atoms with Gasteiger partial charge in [-0.3, -0.25) is 9.59 Å². The zero-order valence-electron chi connectivity index (χ0n) is 11.4. The first-order valence-electron chi connectivity index (χ1n) is 6.10. The van der Waals surface area contributed by atoms with Crippen LogP contribution >= 0.6 is 0 Å². The molecule has 0 saturated heterocycles. The molecule has 0 spiro atoms. The molecule has 102 valence electrons. The van der Waals surface area contributed by atoms with Gasteiger partial charge in [-0.25, -0.2) is 0 Å². The Morgan fingerprint density at radius 1 is 1.26 bits per heavy atom. The molecule has 1 aliphatic heterocycles. The van der Waals surface area contributed by atoms with Crippen LogP contribution in [-0.4, -0.2) is 30.4 Å². The van der Waals surface area contributed by atoms with Gasteiger partial charge in [0.2, 0.25) is 12.7 Å². The highest BCUT2D eigenvalue weighted by Gasteiger charge is 2.18. The van der Waals surface area contributed by atoms with Crippen molar-refractivity contribution in [2.24, 2.45) is 0 Å². The second-order valence-electron chi connectivity index (χ2n) is 4.76. The topological polar surface area (TPSA) is 55.8 Å². The maximum atomic E-state index is 11.8. The second kappa shape index (κ2) is 5.30. The van der Waals surface area contributed by atoms with Crippen molar-refractivity contribution in [1.29, 1.82) is 0 Å². The van der Waals surface area contributed by atoms with Gasteiger partial charge in [0.25, 0.3) is 0 Å². The smallest absolute Gasteiger partial charge is 0.231 e. The molecule has 1 heterocycles. The molecule has 0 atom stereocenters. The Balaban J connectivity index is 2.11. The van der Waals surface area contributed by atoms with E-state index in [9.17, 15) is 9.59 Å². The van der Waals surface area contributed by atoms with Crippen molar-refractivity contribution >= 4 is 11.7 Å². The van der Waals surface area contributed by atoms with E-state index in [4.69, 9.17) is 9.47 Å². The number of hydrogen-bond donors (Lipinski definition) is 0. The number of rotatable bonds is 4. The number of carbonyl (C=O) groups excluding carboxylic acids is 2. The summed E-state index contributed by atoms with van der Waals surface area (Å²) in [5.41, 5.74) is 2.02. The van der Waals surface area contributed by atoms with Gasteiger partial charge in [0, 0.05) is 13.6 Å². The number of aryl methyl sites for hydroxylation is 1. The van der Waals surface area contributed by atoms with Crippen LogP contribution in [0.4, 0.5) is 0 Å². The van der Waals surface area contributed by atoms with E-state index in [0.29, 0.717) is 12.3 Å². The van der Waals surface area contributed by atoms with E-state index < -0.39 is 0 Å². The first kappa shape index (κ1) is 13.4. The average molecular weight is 263 g/mol. The Labute approximate surface area is 112 Å². The van der Waals surface area contributed by atoms with Crippen LogP contribution in [-0.2, 0) is 16.1 Å². The first-order chi connectivity index (χ1) is 8.97. The van der Waals surface area contributed by atoms with E-state index in [-0.39, 0.29) is 24.9 Å². The zero-order valence-corrected chi connectivity index (χ0v) is 11.4. The van der Waals surface area contributed by atoms with Crippen LogP contribution in [0.2, 0.25) is 0 Å². The number of carbonyl (C=O) groups is 2. The standard InChI is InChI=1S/C14H17NO4/c1-9-4-12-13(19-8-18-12)6-11(9)7-15(3)14(17)5-10(2)16/h4,6H,5,7-8H2,1-3H3. The van der Waals surface area contributed by atoms with Gasteiger partial charge in [0.05, 0.1) is 6.42 Å². The van der Waals surface area contributed by atoms with E-state index in [1.165, 1.54) is 6.92 Å². The SMILES string of the molecule is CC(=O)CC(=O)N(C)Cc1cc2c(cc1C)OCO2. The van der Waals surface area contributed by atoms with Crippen LogP contribution in [0.3, 0.4) is 0 Å². The van der Waals surface area contributed by atoms with Crippen molar-refractivity contribution in [2.45, 2.75) is 26.8 Å². The Morgan fingerprint density at radius 3 is 2.53 bits per heavy atom. The highest BCUT2D eigenvalue weighted by Crippen LogP contribution is 2.34. The molecule has 0 unspecified atom stereocenters. The summed E-state index contributed by atoms with van der Waals surface area (Å²) < 4.78 is 10.6. The number of fused-ring (bicyclic) bond motifs is 1.